The van der Waals surface area contributed by atoms with Gasteiger partial charge in [0.05, 0.1) is 56.3 Å². The van der Waals surface area contributed by atoms with Crippen molar-refractivity contribution >= 4 is 99.3 Å². The maximum absolute atomic E-state index is 13.3. The number of carbonyl (C=O) groups is 7. The van der Waals surface area contributed by atoms with E-state index in [-0.39, 0.29) is 61.8 Å². The molecule has 0 aromatic heterocycles. The van der Waals surface area contributed by atoms with Crippen molar-refractivity contribution in [3.63, 3.8) is 0 Å². The minimum absolute atomic E-state index is 0.143. The first kappa shape index (κ1) is 56.2. The number of esters is 2. The Morgan fingerprint density at radius 2 is 0.915 bits per heavy atom. The van der Waals surface area contributed by atoms with Gasteiger partial charge in [0.1, 0.15) is 12.1 Å². The largest absolute Gasteiger partial charge is 0.467 e. The summed E-state index contributed by atoms with van der Waals surface area (Å²) in [5.41, 5.74) is 7.62. The molecule has 2 aliphatic carbocycles. The van der Waals surface area contributed by atoms with Crippen molar-refractivity contribution < 1.29 is 43.0 Å². The quantitative estimate of drug-likeness (QED) is 0.0489. The molecule has 0 saturated heterocycles. The normalized spacial score (nSPS) is 15.2. The summed E-state index contributed by atoms with van der Waals surface area (Å²) < 4.78 is 9.88. The molecular weight excluding hydrogens is 994 g/mol. The molecule has 71 heavy (non-hydrogen) atoms. The van der Waals surface area contributed by atoms with Gasteiger partial charge >= 0.3 is 11.9 Å². The van der Waals surface area contributed by atoms with Crippen LogP contribution in [0.1, 0.15) is 103 Å². The molecule has 4 aromatic carbocycles. The van der Waals surface area contributed by atoms with E-state index in [0.717, 1.165) is 49.7 Å². The smallest absolute Gasteiger partial charge is 0.328 e. The van der Waals surface area contributed by atoms with E-state index < -0.39 is 46.7 Å². The minimum atomic E-state index is -0.877. The van der Waals surface area contributed by atoms with Gasteiger partial charge in [-0.25, -0.2) is 9.59 Å². The standard InChI is InChI=1S/C27H31Cl2N3O5.C25H29Cl2N3O4/c1-17(33)30-15-14-27(12-3-4-13-27)26(36)32-22(25(35)37-2)16-18-8-10-19(11-9-18)31-24(34)23-20(28)6-5-7-21(23)29;1-34-23(32)20(30-24(33)25(13-14-28)11-2-3-12-25)15-16-7-9-17(10-8-16)29-22(31)21-18(26)5-4-6-19(21)27/h5-11,22H,3-4,12-16H2,1-2H3,(H,30,33)(H,31,34)(H,32,36);4-10,20H,2-3,11-15,28H2,1H3,(H,29,31)(H,30,33). The van der Waals surface area contributed by atoms with Crippen LogP contribution in [0.15, 0.2) is 84.9 Å². The Labute approximate surface area is 433 Å². The van der Waals surface area contributed by atoms with Crippen LogP contribution in [0.4, 0.5) is 11.4 Å². The molecular formula is C52H60Cl4N6O9. The molecule has 380 valence electrons. The van der Waals surface area contributed by atoms with E-state index in [9.17, 15) is 33.6 Å². The third kappa shape index (κ3) is 15.4. The van der Waals surface area contributed by atoms with E-state index >= 15 is 0 Å². The predicted octanol–water partition coefficient (Wildman–Crippen LogP) is 8.89. The summed E-state index contributed by atoms with van der Waals surface area (Å²) in [5.74, 6) is -2.42. The lowest BCUT2D eigenvalue weighted by atomic mass is 9.81. The molecule has 4 aromatic rings. The van der Waals surface area contributed by atoms with Crippen LogP contribution >= 0.6 is 46.4 Å². The molecule has 15 nitrogen and oxygen atoms in total. The summed E-state index contributed by atoms with van der Waals surface area (Å²) >= 11 is 24.4. The Morgan fingerprint density at radius 3 is 1.24 bits per heavy atom. The molecule has 6 rings (SSSR count). The molecule has 19 heteroatoms. The number of amides is 5. The number of rotatable bonds is 19. The summed E-state index contributed by atoms with van der Waals surface area (Å²) in [4.78, 5) is 87.9. The number of hydrogen-bond donors (Lipinski definition) is 6. The Bertz CT molecular complexity index is 2490. The zero-order valence-electron chi connectivity index (χ0n) is 39.9. The first-order valence-electron chi connectivity index (χ1n) is 23.4. The first-order chi connectivity index (χ1) is 33.9. The number of nitrogens with two attached hydrogens (primary N) is 1. The Kier molecular flexibility index (Phi) is 21.1. The molecule has 0 radical (unpaired) electrons. The fourth-order valence-electron chi connectivity index (χ4n) is 9.07. The van der Waals surface area contributed by atoms with Gasteiger partial charge in [0.15, 0.2) is 0 Å². The number of hydrogen-bond acceptors (Lipinski definition) is 10. The SMILES string of the molecule is COC(=O)C(Cc1ccc(NC(=O)c2c(Cl)cccc2Cl)cc1)NC(=O)C1(CCN)CCCC1.COC(=O)C(Cc1ccc(NC(=O)c2c(Cl)cccc2Cl)cc1)NC(=O)C1(CCNC(C)=O)CCCC1. The topological polar surface area (TPSA) is 224 Å². The van der Waals surface area contributed by atoms with Crippen molar-refractivity contribution in [2.75, 3.05) is 37.9 Å². The number of ether oxygens (including phenoxy) is 2. The van der Waals surface area contributed by atoms with Crippen molar-refractivity contribution in [2.45, 2.75) is 96.1 Å². The Morgan fingerprint density at radius 1 is 0.563 bits per heavy atom. The van der Waals surface area contributed by atoms with Gasteiger partial charge in [0.25, 0.3) is 11.8 Å². The molecule has 7 N–H and O–H groups in total. The Balaban J connectivity index is 0.000000265. The summed E-state index contributed by atoms with van der Waals surface area (Å²) in [5, 5.41) is 15.1. The van der Waals surface area contributed by atoms with Gasteiger partial charge in [-0.2, -0.15) is 0 Å². The van der Waals surface area contributed by atoms with E-state index in [1.807, 2.05) is 0 Å². The average molecular weight is 1050 g/mol. The second-order valence-electron chi connectivity index (χ2n) is 17.7. The molecule has 5 amide bonds. The zero-order chi connectivity index (χ0) is 51.7. The highest BCUT2D eigenvalue weighted by molar-refractivity contribution is 6.41. The number of anilines is 2. The molecule has 2 unspecified atom stereocenters. The van der Waals surface area contributed by atoms with Crippen molar-refractivity contribution in [2.24, 2.45) is 16.6 Å². The molecule has 2 aliphatic rings. The molecule has 0 spiro atoms. The van der Waals surface area contributed by atoms with Crippen LogP contribution < -0.4 is 32.3 Å². The average Bonchev–Trinajstić information content (AvgIpc) is 4.04. The van der Waals surface area contributed by atoms with Crippen molar-refractivity contribution in [3.8, 4) is 0 Å². The first-order valence-corrected chi connectivity index (χ1v) is 24.9. The lowest BCUT2D eigenvalue weighted by molar-refractivity contribution is -0.147. The maximum atomic E-state index is 13.3. The van der Waals surface area contributed by atoms with Gasteiger partial charge in [-0.1, -0.05) is 108 Å². The number of carbonyl (C=O) groups excluding carboxylic acids is 7. The van der Waals surface area contributed by atoms with Crippen LogP contribution in [0.25, 0.3) is 0 Å². The Hall–Kier alpha value is -5.71. The van der Waals surface area contributed by atoms with E-state index in [1.165, 1.54) is 21.1 Å². The van der Waals surface area contributed by atoms with Gasteiger partial charge in [-0.05, 0) is 105 Å². The van der Waals surface area contributed by atoms with Crippen LogP contribution in [0.5, 0.6) is 0 Å². The third-order valence-corrected chi connectivity index (χ3v) is 14.2. The van der Waals surface area contributed by atoms with Crippen molar-refractivity contribution in [3.05, 3.63) is 127 Å². The molecule has 2 fully saturated rings. The molecule has 0 aliphatic heterocycles. The van der Waals surface area contributed by atoms with Gasteiger partial charge < -0.3 is 41.8 Å². The fraction of sp³-hybridized carbons (Fsp3) is 0.404. The highest BCUT2D eigenvalue weighted by Gasteiger charge is 2.43. The van der Waals surface area contributed by atoms with Gasteiger partial charge in [-0.15, -0.1) is 0 Å². The molecule has 0 bridgehead atoms. The summed E-state index contributed by atoms with van der Waals surface area (Å²) in [6, 6.07) is 21.9. The summed E-state index contributed by atoms with van der Waals surface area (Å²) in [6.45, 7) is 2.26. The van der Waals surface area contributed by atoms with E-state index in [1.54, 1.807) is 84.9 Å². The number of nitrogens with one attached hydrogen (secondary N) is 5. The molecule has 0 heterocycles. The summed E-state index contributed by atoms with van der Waals surface area (Å²) in [7, 11) is 2.58. The lowest BCUT2D eigenvalue weighted by Crippen LogP contribution is -2.49. The van der Waals surface area contributed by atoms with Crippen LogP contribution in [0.2, 0.25) is 20.1 Å². The second kappa shape index (κ2) is 26.7. The fourth-order valence-corrected chi connectivity index (χ4v) is 10.2. The summed E-state index contributed by atoms with van der Waals surface area (Å²) in [6.07, 6.45) is 8.31. The third-order valence-electron chi connectivity index (χ3n) is 13.0. The van der Waals surface area contributed by atoms with Gasteiger partial charge in [0, 0.05) is 37.7 Å². The number of halogens is 4. The van der Waals surface area contributed by atoms with Crippen LogP contribution in [-0.2, 0) is 46.3 Å². The van der Waals surface area contributed by atoms with Crippen LogP contribution in [0, 0.1) is 10.8 Å². The van der Waals surface area contributed by atoms with Crippen molar-refractivity contribution in [1.82, 2.24) is 16.0 Å². The molecule has 2 atom stereocenters. The number of methoxy groups -OCH3 is 2. The van der Waals surface area contributed by atoms with Gasteiger partial charge in [-0.3, -0.25) is 24.0 Å². The second-order valence-corrected chi connectivity index (χ2v) is 19.4. The van der Waals surface area contributed by atoms with E-state index in [0.29, 0.717) is 50.1 Å². The molecule has 2 saturated carbocycles. The van der Waals surface area contributed by atoms with Crippen LogP contribution in [0.3, 0.4) is 0 Å². The van der Waals surface area contributed by atoms with Crippen LogP contribution in [-0.4, -0.2) is 80.9 Å². The highest BCUT2D eigenvalue weighted by Crippen LogP contribution is 2.42. The monoisotopic (exact) mass is 1050 g/mol. The maximum Gasteiger partial charge on any atom is 0.328 e. The number of benzene rings is 4. The van der Waals surface area contributed by atoms with Crippen molar-refractivity contribution in [1.29, 1.82) is 0 Å². The lowest BCUT2D eigenvalue weighted by Gasteiger charge is -2.30. The highest BCUT2D eigenvalue weighted by atomic mass is 35.5. The predicted molar refractivity (Wildman–Crippen MR) is 276 cm³/mol. The zero-order valence-corrected chi connectivity index (χ0v) is 42.9. The van der Waals surface area contributed by atoms with E-state index in [4.69, 9.17) is 61.6 Å². The van der Waals surface area contributed by atoms with Gasteiger partial charge in [0.2, 0.25) is 17.7 Å². The van der Waals surface area contributed by atoms with E-state index in [2.05, 4.69) is 26.6 Å². The minimum Gasteiger partial charge on any atom is -0.467 e.